The molecule has 1 heterocycles. The van der Waals surface area contributed by atoms with E-state index in [1.807, 2.05) is 41.3 Å². The lowest BCUT2D eigenvalue weighted by molar-refractivity contribution is -0.384. The van der Waals surface area contributed by atoms with Crippen LogP contribution in [-0.4, -0.2) is 43.7 Å². The van der Waals surface area contributed by atoms with Crippen molar-refractivity contribution in [2.45, 2.75) is 12.3 Å². The van der Waals surface area contributed by atoms with Crippen LogP contribution >= 0.6 is 0 Å². The third-order valence-electron chi connectivity index (χ3n) is 5.91. The van der Waals surface area contributed by atoms with Gasteiger partial charge in [0.05, 0.1) is 29.4 Å². The van der Waals surface area contributed by atoms with Gasteiger partial charge in [-0.1, -0.05) is 60.7 Å². The summed E-state index contributed by atoms with van der Waals surface area (Å²) in [6.07, 6.45) is 0.710. The van der Waals surface area contributed by atoms with Gasteiger partial charge in [0.25, 0.3) is 11.6 Å². The summed E-state index contributed by atoms with van der Waals surface area (Å²) < 4.78 is 5.41. The minimum atomic E-state index is -0.472. The quantitative estimate of drug-likeness (QED) is 0.411. The normalized spacial score (nSPS) is 13.7. The van der Waals surface area contributed by atoms with Crippen LogP contribution in [0.5, 0.6) is 0 Å². The fourth-order valence-electron chi connectivity index (χ4n) is 4.22. The maximum Gasteiger partial charge on any atom is 0.270 e. The molecule has 33 heavy (non-hydrogen) atoms. The number of rotatable bonds is 8. The van der Waals surface area contributed by atoms with E-state index in [4.69, 9.17) is 4.74 Å². The summed E-state index contributed by atoms with van der Waals surface area (Å²) >= 11 is 0. The molecular formula is C26H27N3O4. The summed E-state index contributed by atoms with van der Waals surface area (Å²) in [5.41, 5.74) is 3.29. The molecule has 4 rings (SSSR count). The van der Waals surface area contributed by atoms with Crippen molar-refractivity contribution in [1.29, 1.82) is 0 Å². The molecule has 0 atom stereocenters. The number of nitro groups is 1. The molecule has 3 aromatic rings. The molecular weight excluding hydrogens is 418 g/mol. The van der Waals surface area contributed by atoms with Gasteiger partial charge in [0.15, 0.2) is 0 Å². The molecule has 0 saturated carbocycles. The predicted molar refractivity (Wildman–Crippen MR) is 128 cm³/mol. The number of carbonyl (C=O) groups is 1. The van der Waals surface area contributed by atoms with Crippen LogP contribution in [0.15, 0.2) is 78.9 Å². The van der Waals surface area contributed by atoms with Gasteiger partial charge in [-0.05, 0) is 23.6 Å². The molecule has 7 nitrogen and oxygen atoms in total. The second-order valence-electron chi connectivity index (χ2n) is 7.98. The molecule has 0 radical (unpaired) electrons. The van der Waals surface area contributed by atoms with E-state index in [2.05, 4.69) is 29.6 Å². The number of amides is 1. The van der Waals surface area contributed by atoms with E-state index in [0.29, 0.717) is 50.5 Å². The second-order valence-corrected chi connectivity index (χ2v) is 7.98. The number of non-ortho nitro benzene ring substituents is 1. The number of hydrogen-bond donors (Lipinski definition) is 1. The maximum absolute atomic E-state index is 13.1. The van der Waals surface area contributed by atoms with Crippen molar-refractivity contribution in [1.82, 2.24) is 5.32 Å². The van der Waals surface area contributed by atoms with Gasteiger partial charge in [-0.25, -0.2) is 0 Å². The Hall–Kier alpha value is -3.71. The standard InChI is InChI=1S/C26H27N3O4/c30-26(24-19-22(29(31)32)11-12-25(24)28-15-17-33-18-16-28)27-14-13-23(20-7-3-1-4-8-20)21-9-5-2-6-10-21/h1-12,19,23H,13-18H2,(H,27,30). The van der Waals surface area contributed by atoms with Crippen LogP contribution < -0.4 is 10.2 Å². The highest BCUT2D eigenvalue weighted by Gasteiger charge is 2.22. The molecule has 0 bridgehead atoms. The number of morpholine rings is 1. The van der Waals surface area contributed by atoms with Gasteiger partial charge in [0, 0.05) is 37.7 Å². The van der Waals surface area contributed by atoms with Crippen molar-refractivity contribution in [2.24, 2.45) is 0 Å². The monoisotopic (exact) mass is 445 g/mol. The summed E-state index contributed by atoms with van der Waals surface area (Å²) in [7, 11) is 0. The van der Waals surface area contributed by atoms with Gasteiger partial charge < -0.3 is 15.0 Å². The Morgan fingerprint density at radius 2 is 1.58 bits per heavy atom. The average molecular weight is 446 g/mol. The summed E-state index contributed by atoms with van der Waals surface area (Å²) in [5, 5.41) is 14.3. The zero-order valence-electron chi connectivity index (χ0n) is 18.4. The molecule has 7 heteroatoms. The lowest BCUT2D eigenvalue weighted by Gasteiger charge is -2.30. The van der Waals surface area contributed by atoms with Crippen molar-refractivity contribution < 1.29 is 14.5 Å². The molecule has 0 aromatic heterocycles. The molecule has 1 aliphatic heterocycles. The third-order valence-corrected chi connectivity index (χ3v) is 5.91. The Balaban J connectivity index is 1.51. The smallest absolute Gasteiger partial charge is 0.270 e. The lowest BCUT2D eigenvalue weighted by Crippen LogP contribution is -2.38. The molecule has 1 amide bonds. The summed E-state index contributed by atoms with van der Waals surface area (Å²) in [5.74, 6) is -0.170. The van der Waals surface area contributed by atoms with Crippen LogP contribution in [0.4, 0.5) is 11.4 Å². The number of carbonyl (C=O) groups excluding carboxylic acids is 1. The zero-order valence-corrected chi connectivity index (χ0v) is 18.4. The topological polar surface area (TPSA) is 84.7 Å². The van der Waals surface area contributed by atoms with Crippen LogP contribution in [0, 0.1) is 10.1 Å². The first-order chi connectivity index (χ1) is 16.1. The predicted octanol–water partition coefficient (Wildman–Crippen LogP) is 4.38. The summed E-state index contributed by atoms with van der Waals surface area (Å²) in [6, 6.07) is 24.9. The summed E-state index contributed by atoms with van der Waals surface area (Å²) in [4.78, 5) is 26.0. The molecule has 3 aromatic carbocycles. The molecule has 170 valence electrons. The number of ether oxygens (including phenoxy) is 1. The van der Waals surface area contributed by atoms with E-state index < -0.39 is 4.92 Å². The molecule has 1 saturated heterocycles. The number of hydrogen-bond acceptors (Lipinski definition) is 5. The first-order valence-corrected chi connectivity index (χ1v) is 11.1. The largest absolute Gasteiger partial charge is 0.378 e. The maximum atomic E-state index is 13.1. The number of benzene rings is 3. The third kappa shape index (κ3) is 5.56. The minimum Gasteiger partial charge on any atom is -0.378 e. The highest BCUT2D eigenvalue weighted by atomic mass is 16.6. The van der Waals surface area contributed by atoms with E-state index in [-0.39, 0.29) is 17.5 Å². The van der Waals surface area contributed by atoms with Crippen LogP contribution in [-0.2, 0) is 4.74 Å². The van der Waals surface area contributed by atoms with Gasteiger partial charge >= 0.3 is 0 Å². The first-order valence-electron chi connectivity index (χ1n) is 11.1. The Morgan fingerprint density at radius 1 is 0.970 bits per heavy atom. The number of anilines is 1. The Morgan fingerprint density at radius 3 is 2.15 bits per heavy atom. The fraction of sp³-hybridized carbons (Fsp3) is 0.269. The Labute approximate surface area is 193 Å². The Bertz CT molecular complexity index is 1040. The molecule has 0 spiro atoms. The van der Waals surface area contributed by atoms with Crippen molar-refractivity contribution >= 4 is 17.3 Å². The molecule has 0 aliphatic carbocycles. The summed E-state index contributed by atoms with van der Waals surface area (Å²) in [6.45, 7) is 2.85. The van der Waals surface area contributed by atoms with Crippen molar-refractivity contribution in [3.8, 4) is 0 Å². The van der Waals surface area contributed by atoms with E-state index >= 15 is 0 Å². The van der Waals surface area contributed by atoms with Gasteiger partial charge in [0.1, 0.15) is 0 Å². The molecule has 0 unspecified atom stereocenters. The SMILES string of the molecule is O=C(NCCC(c1ccccc1)c1ccccc1)c1cc([N+](=O)[O-])ccc1N1CCOCC1. The highest BCUT2D eigenvalue weighted by molar-refractivity contribution is 6.00. The van der Waals surface area contributed by atoms with E-state index in [1.54, 1.807) is 6.07 Å². The lowest BCUT2D eigenvalue weighted by atomic mass is 9.88. The average Bonchev–Trinajstić information content (AvgIpc) is 2.87. The van der Waals surface area contributed by atoms with Crippen LogP contribution in [0.1, 0.15) is 33.8 Å². The van der Waals surface area contributed by atoms with E-state index in [1.165, 1.54) is 23.3 Å². The number of nitro benzene ring substituents is 1. The molecule has 1 fully saturated rings. The van der Waals surface area contributed by atoms with Crippen LogP contribution in [0.3, 0.4) is 0 Å². The van der Waals surface area contributed by atoms with Gasteiger partial charge in [-0.15, -0.1) is 0 Å². The van der Waals surface area contributed by atoms with E-state index in [9.17, 15) is 14.9 Å². The highest BCUT2D eigenvalue weighted by Crippen LogP contribution is 2.29. The van der Waals surface area contributed by atoms with Gasteiger partial charge in [-0.2, -0.15) is 0 Å². The van der Waals surface area contributed by atoms with E-state index in [0.717, 1.165) is 0 Å². The first kappa shape index (κ1) is 22.5. The number of nitrogens with zero attached hydrogens (tertiary/aromatic N) is 2. The van der Waals surface area contributed by atoms with Crippen molar-refractivity contribution in [3.63, 3.8) is 0 Å². The minimum absolute atomic E-state index is 0.0939. The van der Waals surface area contributed by atoms with Crippen LogP contribution in [0.2, 0.25) is 0 Å². The van der Waals surface area contributed by atoms with Gasteiger partial charge in [0.2, 0.25) is 0 Å². The fourth-order valence-corrected chi connectivity index (χ4v) is 4.22. The molecule has 1 aliphatic rings. The zero-order chi connectivity index (χ0) is 23.0. The Kier molecular flexibility index (Phi) is 7.32. The second kappa shape index (κ2) is 10.7. The van der Waals surface area contributed by atoms with Crippen molar-refractivity contribution in [3.05, 3.63) is 106 Å². The molecule has 1 N–H and O–H groups in total. The number of nitrogens with one attached hydrogen (secondary N) is 1. The van der Waals surface area contributed by atoms with Crippen molar-refractivity contribution in [2.75, 3.05) is 37.7 Å². The van der Waals surface area contributed by atoms with Crippen LogP contribution in [0.25, 0.3) is 0 Å². The van der Waals surface area contributed by atoms with Gasteiger partial charge in [-0.3, -0.25) is 14.9 Å².